The highest BCUT2D eigenvalue weighted by Crippen LogP contribution is 2.17. The van der Waals surface area contributed by atoms with Gasteiger partial charge in [0.1, 0.15) is 18.6 Å². The molecule has 2 amide bonds. The first-order chi connectivity index (χ1) is 30.9. The number of carbonyl (C=O) groups excluding carboxylic acids is 8. The number of rotatable bonds is 17. The van der Waals surface area contributed by atoms with Crippen molar-refractivity contribution in [2.24, 2.45) is 5.73 Å². The number of hydrogen-bond acceptors (Lipinski definition) is 13. The zero-order valence-corrected chi connectivity index (χ0v) is 40.0. The first-order valence-electron chi connectivity index (χ1n) is 20.4. The molecular formula is C46H57Cl4N3O12. The van der Waals surface area contributed by atoms with Crippen LogP contribution in [-0.2, 0) is 76.9 Å². The van der Waals surface area contributed by atoms with Gasteiger partial charge in [0.25, 0.3) is 0 Å². The molecule has 2 N–H and O–H groups in total. The van der Waals surface area contributed by atoms with Crippen LogP contribution < -0.4 is 5.73 Å². The van der Waals surface area contributed by atoms with Crippen LogP contribution in [0.3, 0.4) is 0 Å². The maximum Gasteiger partial charge on any atom is 0.330 e. The summed E-state index contributed by atoms with van der Waals surface area (Å²) in [5.74, 6) is -2.37. The molecule has 0 spiro atoms. The number of carbonyl (C=O) groups is 8. The number of likely N-dealkylation sites (tertiary alicyclic amines) is 1. The molecule has 3 aromatic carbocycles. The third kappa shape index (κ3) is 30.5. The van der Waals surface area contributed by atoms with Crippen molar-refractivity contribution in [2.45, 2.75) is 79.4 Å². The number of Topliss-reactive ketones (excluding diaryl/α,β-unsaturated/α-hetero) is 1. The van der Waals surface area contributed by atoms with Gasteiger partial charge in [-0.2, -0.15) is 0 Å². The highest BCUT2D eigenvalue weighted by Gasteiger charge is 2.23. The molecule has 65 heavy (non-hydrogen) atoms. The van der Waals surface area contributed by atoms with Crippen molar-refractivity contribution in [1.82, 2.24) is 9.80 Å². The Morgan fingerprint density at radius 2 is 1.18 bits per heavy atom. The lowest BCUT2D eigenvalue weighted by atomic mass is 10.1. The van der Waals surface area contributed by atoms with E-state index in [1.165, 1.54) is 4.90 Å². The number of hydrogen-bond donors (Lipinski definition) is 1. The molecule has 0 unspecified atom stereocenters. The number of halogens is 4. The van der Waals surface area contributed by atoms with Gasteiger partial charge in [-0.25, -0.2) is 4.79 Å². The van der Waals surface area contributed by atoms with Gasteiger partial charge in [0.15, 0.2) is 0 Å². The van der Waals surface area contributed by atoms with Crippen LogP contribution in [0.4, 0.5) is 0 Å². The number of piperidine rings is 1. The summed E-state index contributed by atoms with van der Waals surface area (Å²) in [7, 11) is 0. The Labute approximate surface area is 400 Å². The zero-order chi connectivity index (χ0) is 49.2. The molecule has 1 aliphatic rings. The number of ketones is 1. The summed E-state index contributed by atoms with van der Waals surface area (Å²) in [5.41, 5.74) is 8.24. The second kappa shape index (κ2) is 36.0. The van der Waals surface area contributed by atoms with Crippen LogP contribution in [0.25, 0.3) is 0 Å². The van der Waals surface area contributed by atoms with Gasteiger partial charge in [0.05, 0.1) is 39.3 Å². The fraction of sp³-hybridized carbons (Fsp3) is 0.391. The van der Waals surface area contributed by atoms with Crippen molar-refractivity contribution in [3.8, 4) is 0 Å². The van der Waals surface area contributed by atoms with Gasteiger partial charge in [-0.05, 0) is 92.4 Å². The predicted molar refractivity (Wildman–Crippen MR) is 249 cm³/mol. The molecule has 1 fully saturated rings. The number of esters is 4. The quantitative estimate of drug-likeness (QED) is 0.0450. The second-order valence-electron chi connectivity index (χ2n) is 13.0. The molecule has 0 aromatic heterocycles. The standard InChI is InChI=1S/C17H22ClNO5.C12H12ClNO2.C7H8ClN.C5H7ClO3.C5H8O2/c1-3-23-16(21)8-9-19(15(20)11-17(22)24-4-2)12-13-6-5-7-14(18)10-13;13-10-3-1-2-9(6-10)8-14-5-4-11(15)7-12(14)16;8-7-3-1-2-6(4-7)5-9;1-2-9-5(8)3-4(6)7;1-3-5(6)7-4-2/h5-7,10H,3-4,8-9,11-12H2,1-2H3;1-3,6H,4-5,7-8H2;1-4H,5,9H2;2-3H2,1H3;3H,1,4H2,2H3. The third-order valence-electron chi connectivity index (χ3n) is 7.90. The molecule has 1 aliphatic heterocycles. The second-order valence-corrected chi connectivity index (χ2v) is 14.8. The van der Waals surface area contributed by atoms with Crippen molar-refractivity contribution in [3.05, 3.63) is 117 Å². The van der Waals surface area contributed by atoms with Crippen molar-refractivity contribution in [2.75, 3.05) is 39.5 Å². The minimum Gasteiger partial charge on any atom is -0.466 e. The van der Waals surface area contributed by atoms with E-state index in [2.05, 4.69) is 16.1 Å². The summed E-state index contributed by atoms with van der Waals surface area (Å²) < 4.78 is 18.5. The smallest absolute Gasteiger partial charge is 0.330 e. The summed E-state index contributed by atoms with van der Waals surface area (Å²) in [4.78, 5) is 91.5. The van der Waals surface area contributed by atoms with E-state index in [0.717, 1.165) is 27.8 Å². The van der Waals surface area contributed by atoms with Crippen LogP contribution in [-0.4, -0.2) is 96.0 Å². The summed E-state index contributed by atoms with van der Waals surface area (Å²) in [6.07, 6.45) is 1.01. The number of nitrogens with zero attached hydrogens (tertiary/aromatic N) is 2. The molecule has 0 radical (unpaired) electrons. The van der Waals surface area contributed by atoms with Crippen LogP contribution in [0.1, 0.15) is 76.5 Å². The first-order valence-corrected chi connectivity index (χ1v) is 21.9. The van der Waals surface area contributed by atoms with Crippen molar-refractivity contribution >= 4 is 93.1 Å². The molecule has 0 saturated carbocycles. The highest BCUT2D eigenvalue weighted by atomic mass is 35.5. The molecule has 19 heteroatoms. The SMILES string of the molecule is C=CC(=O)OCC.CCOC(=O)CC(=O)Cl.CCOC(=O)CCN(Cc1cccc(Cl)c1)C(=O)CC(=O)OCC.NCc1cccc(Cl)c1.O=C1CCN(Cc2cccc(Cl)c2)C(=O)C1. The van der Waals surface area contributed by atoms with Gasteiger partial charge in [-0.15, -0.1) is 0 Å². The van der Waals surface area contributed by atoms with E-state index < -0.39 is 29.1 Å². The van der Waals surface area contributed by atoms with Crippen LogP contribution in [0, 0.1) is 0 Å². The number of ether oxygens (including phenoxy) is 4. The zero-order valence-electron chi connectivity index (χ0n) is 37.0. The molecule has 1 heterocycles. The average Bonchev–Trinajstić information content (AvgIpc) is 3.24. The number of benzene rings is 3. The number of nitrogens with two attached hydrogens (primary N) is 1. The van der Waals surface area contributed by atoms with Crippen LogP contribution >= 0.6 is 46.4 Å². The van der Waals surface area contributed by atoms with E-state index >= 15 is 0 Å². The van der Waals surface area contributed by atoms with E-state index in [9.17, 15) is 38.4 Å². The van der Waals surface area contributed by atoms with E-state index in [1.54, 1.807) is 56.9 Å². The Balaban J connectivity index is 0.000000857. The van der Waals surface area contributed by atoms with E-state index in [0.29, 0.717) is 42.7 Å². The molecule has 1 saturated heterocycles. The predicted octanol–water partition coefficient (Wildman–Crippen LogP) is 7.85. The molecule has 0 aliphatic carbocycles. The van der Waals surface area contributed by atoms with Gasteiger partial charge in [0.2, 0.25) is 17.1 Å². The summed E-state index contributed by atoms with van der Waals surface area (Å²) in [6, 6.07) is 22.0. The lowest BCUT2D eigenvalue weighted by Gasteiger charge is -2.26. The lowest BCUT2D eigenvalue weighted by molar-refractivity contribution is -0.150. The summed E-state index contributed by atoms with van der Waals surface area (Å²) >= 11 is 22.4. The summed E-state index contributed by atoms with van der Waals surface area (Å²) in [6.45, 7) is 13.2. The molecule has 15 nitrogen and oxygen atoms in total. The van der Waals surface area contributed by atoms with Crippen molar-refractivity contribution < 1.29 is 57.3 Å². The largest absolute Gasteiger partial charge is 0.466 e. The van der Waals surface area contributed by atoms with E-state index in [4.69, 9.17) is 61.6 Å². The minimum atomic E-state index is -0.687. The Morgan fingerprint density at radius 1 is 0.708 bits per heavy atom. The summed E-state index contributed by atoms with van der Waals surface area (Å²) in [5, 5.41) is 1.28. The number of amides is 2. The molecule has 356 valence electrons. The Kier molecular flexibility index (Phi) is 33.0. The van der Waals surface area contributed by atoms with Gasteiger partial charge >= 0.3 is 23.9 Å². The van der Waals surface area contributed by atoms with Gasteiger partial charge in [0, 0.05) is 60.3 Å². The van der Waals surface area contributed by atoms with Gasteiger partial charge in [-0.1, -0.05) is 77.8 Å². The highest BCUT2D eigenvalue weighted by molar-refractivity contribution is 6.64. The monoisotopic (exact) mass is 983 g/mol. The van der Waals surface area contributed by atoms with Crippen molar-refractivity contribution in [3.63, 3.8) is 0 Å². The van der Waals surface area contributed by atoms with E-state index in [-0.39, 0.29) is 76.3 Å². The van der Waals surface area contributed by atoms with Gasteiger partial charge < -0.3 is 34.5 Å². The minimum absolute atomic E-state index is 0.0346. The fourth-order valence-electron chi connectivity index (χ4n) is 5.02. The Hall–Kier alpha value is -5.32. The van der Waals surface area contributed by atoms with Crippen LogP contribution in [0.5, 0.6) is 0 Å². The lowest BCUT2D eigenvalue weighted by Crippen LogP contribution is -2.38. The normalized spacial score (nSPS) is 11.2. The van der Waals surface area contributed by atoms with Crippen LogP contribution in [0.2, 0.25) is 15.1 Å². The molecular weight excluding hydrogens is 928 g/mol. The van der Waals surface area contributed by atoms with Crippen molar-refractivity contribution in [1.29, 1.82) is 0 Å². The third-order valence-corrected chi connectivity index (χ3v) is 8.74. The maximum atomic E-state index is 12.3. The average molecular weight is 986 g/mol. The fourth-order valence-corrected chi connectivity index (χ4v) is 5.77. The molecule has 0 atom stereocenters. The molecule has 4 rings (SSSR count). The van der Waals surface area contributed by atoms with Crippen LogP contribution in [0.15, 0.2) is 85.5 Å². The molecule has 0 bridgehead atoms. The first kappa shape index (κ1) is 59.7. The Bertz CT molecular complexity index is 2000. The molecule has 3 aromatic rings. The van der Waals surface area contributed by atoms with Gasteiger partial charge in [-0.3, -0.25) is 33.6 Å². The van der Waals surface area contributed by atoms with E-state index in [1.807, 2.05) is 48.5 Å². The Morgan fingerprint density at radius 3 is 1.63 bits per heavy atom. The topological polar surface area (TPSA) is 206 Å². The maximum absolute atomic E-state index is 12.3.